The molecule has 2 fully saturated rings. The molecule has 3 atom stereocenters. The summed E-state index contributed by atoms with van der Waals surface area (Å²) in [5.41, 5.74) is 1.82. The molecule has 0 bridgehead atoms. The summed E-state index contributed by atoms with van der Waals surface area (Å²) in [7, 11) is -3.76. The van der Waals surface area contributed by atoms with Crippen molar-refractivity contribution >= 4 is 21.6 Å². The van der Waals surface area contributed by atoms with Gasteiger partial charge in [0.2, 0.25) is 15.9 Å². The van der Waals surface area contributed by atoms with Crippen LogP contribution in [0.25, 0.3) is 0 Å². The lowest BCUT2D eigenvalue weighted by atomic mass is 9.73. The van der Waals surface area contributed by atoms with E-state index < -0.39 is 16.1 Å². The average molecular weight is 413 g/mol. The summed E-state index contributed by atoms with van der Waals surface area (Å²) >= 11 is 0. The molecule has 0 aromatic heterocycles. The van der Waals surface area contributed by atoms with Gasteiger partial charge >= 0.3 is 0 Å². The maximum Gasteiger partial charge on any atom is 0.243 e. The van der Waals surface area contributed by atoms with Gasteiger partial charge in [-0.1, -0.05) is 42.8 Å². The zero-order valence-electron chi connectivity index (χ0n) is 16.0. The first-order chi connectivity index (χ1) is 14.0. The molecule has 2 aromatic carbocycles. The van der Waals surface area contributed by atoms with Crippen LogP contribution in [0, 0.1) is 5.92 Å². The van der Waals surface area contributed by atoms with Gasteiger partial charge in [0, 0.05) is 24.1 Å². The van der Waals surface area contributed by atoms with Crippen LogP contribution in [-0.4, -0.2) is 49.0 Å². The van der Waals surface area contributed by atoms with Crippen molar-refractivity contribution < 1.29 is 18.3 Å². The maximum atomic E-state index is 13.3. The molecule has 29 heavy (non-hydrogen) atoms. The van der Waals surface area contributed by atoms with Gasteiger partial charge in [0.1, 0.15) is 0 Å². The van der Waals surface area contributed by atoms with Gasteiger partial charge in [-0.05, 0) is 36.6 Å². The highest BCUT2D eigenvalue weighted by molar-refractivity contribution is 7.89. The van der Waals surface area contributed by atoms with Crippen molar-refractivity contribution in [3.63, 3.8) is 0 Å². The molecule has 1 saturated heterocycles. The van der Waals surface area contributed by atoms with Crippen LogP contribution in [0.4, 0.5) is 5.69 Å². The van der Waals surface area contributed by atoms with Gasteiger partial charge in [0.15, 0.2) is 0 Å². The number of amides is 1. The molecular formula is C22H24N2O4S. The van der Waals surface area contributed by atoms with Crippen LogP contribution in [-0.2, 0) is 14.8 Å². The first kappa shape index (κ1) is 18.8. The second kappa shape index (κ2) is 6.93. The van der Waals surface area contributed by atoms with Crippen molar-refractivity contribution in [1.82, 2.24) is 4.31 Å². The van der Waals surface area contributed by atoms with E-state index in [0.29, 0.717) is 6.54 Å². The highest BCUT2D eigenvalue weighted by Crippen LogP contribution is 2.50. The number of para-hydroxylation sites is 1. The first-order valence-corrected chi connectivity index (χ1v) is 11.6. The minimum Gasteiger partial charge on any atom is -0.395 e. The largest absolute Gasteiger partial charge is 0.395 e. The Kier molecular flexibility index (Phi) is 4.49. The molecule has 3 aliphatic rings. The van der Waals surface area contributed by atoms with Gasteiger partial charge in [-0.15, -0.1) is 0 Å². The maximum absolute atomic E-state index is 13.3. The number of hydrogen-bond donors (Lipinski definition) is 1. The number of carbonyl (C=O) groups excluding carboxylic acids is 1. The third-order valence-corrected chi connectivity index (χ3v) is 8.63. The second-order valence-electron chi connectivity index (χ2n) is 8.13. The Morgan fingerprint density at radius 1 is 1.03 bits per heavy atom. The number of aliphatic hydroxyl groups is 1. The topological polar surface area (TPSA) is 77.9 Å². The molecule has 1 amide bonds. The van der Waals surface area contributed by atoms with Gasteiger partial charge in [0.25, 0.3) is 0 Å². The lowest BCUT2D eigenvalue weighted by molar-refractivity contribution is -0.125. The summed E-state index contributed by atoms with van der Waals surface area (Å²) in [5.74, 6) is 0.0132. The van der Waals surface area contributed by atoms with Crippen LogP contribution in [0.15, 0.2) is 59.5 Å². The quantitative estimate of drug-likeness (QED) is 0.836. The van der Waals surface area contributed by atoms with Crippen molar-refractivity contribution in [1.29, 1.82) is 0 Å². The first-order valence-electron chi connectivity index (χ1n) is 10.1. The Hall–Kier alpha value is -2.22. The molecule has 2 heterocycles. The summed E-state index contributed by atoms with van der Waals surface area (Å²) in [6.45, 7) is 0.0811. The number of hydrogen-bond acceptors (Lipinski definition) is 4. The van der Waals surface area contributed by atoms with Crippen molar-refractivity contribution in [3.05, 3.63) is 60.2 Å². The Morgan fingerprint density at radius 2 is 1.72 bits per heavy atom. The molecule has 5 rings (SSSR count). The molecule has 2 aromatic rings. The van der Waals surface area contributed by atoms with Crippen LogP contribution in [0.1, 0.15) is 30.7 Å². The minimum absolute atomic E-state index is 0.0347. The molecule has 6 nitrogen and oxygen atoms in total. The van der Waals surface area contributed by atoms with Crippen LogP contribution in [0.5, 0.6) is 0 Å². The van der Waals surface area contributed by atoms with Crippen LogP contribution >= 0.6 is 0 Å². The molecule has 0 unspecified atom stereocenters. The van der Waals surface area contributed by atoms with E-state index in [0.717, 1.165) is 30.5 Å². The van der Waals surface area contributed by atoms with E-state index in [-0.39, 0.29) is 35.3 Å². The molecule has 0 spiro atoms. The lowest BCUT2D eigenvalue weighted by Gasteiger charge is -2.58. The molecule has 1 saturated carbocycles. The average Bonchev–Trinajstić information content (AvgIpc) is 2.67. The number of carbonyl (C=O) groups is 1. The summed E-state index contributed by atoms with van der Waals surface area (Å²) in [6.07, 6.45) is 2.87. The number of fused-ring (bicyclic) bond motifs is 3. The molecule has 1 aliphatic carbocycles. The van der Waals surface area contributed by atoms with Gasteiger partial charge in [-0.25, -0.2) is 8.42 Å². The Bertz CT molecular complexity index is 1040. The van der Waals surface area contributed by atoms with E-state index in [1.54, 1.807) is 35.2 Å². The summed E-state index contributed by atoms with van der Waals surface area (Å²) in [6, 6.07) is 15.1. The number of benzene rings is 2. The summed E-state index contributed by atoms with van der Waals surface area (Å²) in [5, 5.41) is 10.1. The van der Waals surface area contributed by atoms with Crippen LogP contribution < -0.4 is 4.90 Å². The predicted octanol–water partition coefficient (Wildman–Crippen LogP) is 2.35. The lowest BCUT2D eigenvalue weighted by Crippen LogP contribution is -2.70. The fraction of sp³-hybridized carbons (Fsp3) is 0.409. The molecular weight excluding hydrogens is 388 g/mol. The predicted molar refractivity (Wildman–Crippen MR) is 109 cm³/mol. The number of nitrogens with zero attached hydrogens (tertiary/aromatic N) is 2. The number of sulfonamides is 1. The highest BCUT2D eigenvalue weighted by atomic mass is 32.2. The third-order valence-electron chi connectivity index (χ3n) is 6.67. The standard InChI is InChI=1S/C22H24N2O4S/c25-14-20-21-17-11-4-5-12-18(17)23(22(26)15-7-6-8-15)13-19(21)24(20)29(27,28)16-9-2-1-3-10-16/h1-5,9-12,15,19-21,25H,6-8,13-14H2/t19-,20-,21+/m1/s1. The minimum atomic E-state index is -3.76. The van der Waals surface area contributed by atoms with Gasteiger partial charge in [-0.2, -0.15) is 4.31 Å². The number of rotatable bonds is 4. The Balaban J connectivity index is 1.55. The monoisotopic (exact) mass is 412 g/mol. The molecule has 7 heteroatoms. The Morgan fingerprint density at radius 3 is 2.38 bits per heavy atom. The van der Waals surface area contributed by atoms with E-state index in [2.05, 4.69) is 0 Å². The van der Waals surface area contributed by atoms with E-state index in [1.165, 1.54) is 4.31 Å². The van der Waals surface area contributed by atoms with E-state index >= 15 is 0 Å². The molecule has 152 valence electrons. The van der Waals surface area contributed by atoms with E-state index in [4.69, 9.17) is 0 Å². The van der Waals surface area contributed by atoms with Crippen LogP contribution in [0.2, 0.25) is 0 Å². The van der Waals surface area contributed by atoms with Crippen molar-refractivity contribution in [3.8, 4) is 0 Å². The number of aliphatic hydroxyl groups excluding tert-OH is 1. The Labute approximate surface area is 170 Å². The fourth-order valence-corrected chi connectivity index (χ4v) is 6.83. The summed E-state index contributed by atoms with van der Waals surface area (Å²) < 4.78 is 28.1. The number of anilines is 1. The van der Waals surface area contributed by atoms with Crippen LogP contribution in [0.3, 0.4) is 0 Å². The smallest absolute Gasteiger partial charge is 0.243 e. The SMILES string of the molecule is O=C(C1CCC1)N1C[C@@H]2[C@H](c3ccccc31)[C@@H](CO)N2S(=O)(=O)c1ccccc1. The fourth-order valence-electron chi connectivity index (χ4n) is 4.98. The van der Waals surface area contributed by atoms with E-state index in [9.17, 15) is 18.3 Å². The molecule has 1 N–H and O–H groups in total. The molecule has 0 radical (unpaired) electrons. The highest BCUT2D eigenvalue weighted by Gasteiger charge is 2.58. The molecule has 2 aliphatic heterocycles. The second-order valence-corrected chi connectivity index (χ2v) is 9.97. The van der Waals surface area contributed by atoms with Gasteiger partial charge in [-0.3, -0.25) is 4.79 Å². The van der Waals surface area contributed by atoms with Gasteiger partial charge in [0.05, 0.1) is 23.6 Å². The normalized spacial score (nSPS) is 26.8. The van der Waals surface area contributed by atoms with Crippen molar-refractivity contribution in [2.75, 3.05) is 18.1 Å². The van der Waals surface area contributed by atoms with E-state index in [1.807, 2.05) is 24.3 Å². The van der Waals surface area contributed by atoms with Crippen molar-refractivity contribution in [2.45, 2.75) is 42.2 Å². The third kappa shape index (κ3) is 2.75. The zero-order valence-corrected chi connectivity index (χ0v) is 16.8. The van der Waals surface area contributed by atoms with Crippen molar-refractivity contribution in [2.24, 2.45) is 5.92 Å². The summed E-state index contributed by atoms with van der Waals surface area (Å²) in [4.78, 5) is 15.1. The zero-order chi connectivity index (χ0) is 20.2. The van der Waals surface area contributed by atoms with Gasteiger partial charge < -0.3 is 10.0 Å².